The van der Waals surface area contributed by atoms with Crippen LogP contribution in [0.5, 0.6) is 0 Å². The van der Waals surface area contributed by atoms with Gasteiger partial charge in [0.25, 0.3) is 0 Å². The third-order valence-corrected chi connectivity index (χ3v) is 2.54. The normalized spacial score (nSPS) is 47.6. The average molecular weight is 186 g/mol. The van der Waals surface area contributed by atoms with E-state index in [9.17, 15) is 0 Å². The van der Waals surface area contributed by atoms with Crippen LogP contribution in [0.25, 0.3) is 0 Å². The van der Waals surface area contributed by atoms with Crippen molar-refractivity contribution >= 4 is 28.3 Å². The lowest BCUT2D eigenvalue weighted by molar-refractivity contribution is 0.769. The Morgan fingerprint density at radius 3 is 2.00 bits per heavy atom. The summed E-state index contributed by atoms with van der Waals surface area (Å²) in [5.41, 5.74) is 5.69. The van der Waals surface area contributed by atoms with Gasteiger partial charge in [-0.1, -0.05) is 15.9 Å². The summed E-state index contributed by atoms with van der Waals surface area (Å²) in [5, 5.41) is 0. The minimum atomic E-state index is 0. The maximum absolute atomic E-state index is 5.56. The van der Waals surface area contributed by atoms with Crippen LogP contribution in [0.1, 0.15) is 13.3 Å². The first kappa shape index (κ1) is 7.73. The van der Waals surface area contributed by atoms with E-state index in [4.69, 9.17) is 5.73 Å². The van der Waals surface area contributed by atoms with Crippen LogP contribution in [0.4, 0.5) is 0 Å². The molecule has 0 saturated heterocycles. The maximum Gasteiger partial charge on any atom is 0.0341 e. The number of hydrogen-bond donors (Lipinski definition) is 1. The second-order valence-corrected chi connectivity index (χ2v) is 3.28. The predicted octanol–water partition coefficient (Wildman–Crippen LogP) is 1.29. The van der Waals surface area contributed by atoms with Gasteiger partial charge in [0.15, 0.2) is 0 Å². The van der Waals surface area contributed by atoms with Crippen molar-refractivity contribution < 1.29 is 0 Å². The Kier molecular flexibility index (Phi) is 2.12. The molecular weight excluding hydrogens is 177 g/mol. The topological polar surface area (TPSA) is 26.0 Å². The molecule has 2 unspecified atom stereocenters. The van der Waals surface area contributed by atoms with Crippen LogP contribution in [0, 0.1) is 0 Å². The zero-order valence-corrected chi connectivity index (χ0v) is 6.55. The van der Waals surface area contributed by atoms with Crippen LogP contribution in [0.2, 0.25) is 0 Å². The van der Waals surface area contributed by atoms with Gasteiger partial charge in [-0.25, -0.2) is 0 Å². The van der Waals surface area contributed by atoms with Crippen LogP contribution in [0.15, 0.2) is 0 Å². The molecule has 2 N–H and O–H groups in total. The molecule has 3 heteroatoms. The van der Waals surface area contributed by atoms with E-state index in [1.54, 1.807) is 0 Å². The number of alkyl halides is 1. The van der Waals surface area contributed by atoms with E-state index < -0.39 is 0 Å². The highest BCUT2D eigenvalue weighted by molar-refractivity contribution is 9.09. The van der Waals surface area contributed by atoms with Crippen LogP contribution < -0.4 is 5.73 Å². The number of halogens is 2. The van der Waals surface area contributed by atoms with Crippen molar-refractivity contribution in [3.05, 3.63) is 0 Å². The summed E-state index contributed by atoms with van der Waals surface area (Å²) in [4.78, 5) is 0.588. The fourth-order valence-corrected chi connectivity index (χ4v) is 1.02. The van der Waals surface area contributed by atoms with Gasteiger partial charge in [-0.05, 0) is 13.3 Å². The Bertz CT molecular complexity index is 74.1. The fourth-order valence-electron chi connectivity index (χ4n) is 0.327. The molecule has 1 saturated carbocycles. The van der Waals surface area contributed by atoms with Gasteiger partial charge in [-0.3, -0.25) is 0 Å². The number of nitrogens with two attached hydrogens (primary N) is 1. The molecule has 1 aliphatic carbocycles. The Hall–Kier alpha value is 0.730. The smallest absolute Gasteiger partial charge is 0.0341 e. The summed E-state index contributed by atoms with van der Waals surface area (Å²) in [6.45, 7) is 2.05. The zero-order valence-electron chi connectivity index (χ0n) is 4.15. The minimum absolute atomic E-state index is 0. The van der Waals surface area contributed by atoms with Gasteiger partial charge >= 0.3 is 0 Å². The van der Waals surface area contributed by atoms with Crippen molar-refractivity contribution in [3.8, 4) is 0 Å². The lowest BCUT2D eigenvalue weighted by Gasteiger charge is -1.92. The van der Waals surface area contributed by atoms with E-state index in [1.807, 2.05) is 6.92 Å². The van der Waals surface area contributed by atoms with Gasteiger partial charge in [-0.2, -0.15) is 0 Å². The largest absolute Gasteiger partial charge is 0.324 e. The molecule has 2 atom stereocenters. The molecule has 0 aromatic carbocycles. The zero-order chi connectivity index (χ0) is 4.78. The van der Waals surface area contributed by atoms with E-state index in [2.05, 4.69) is 15.9 Å². The predicted molar refractivity (Wildman–Crippen MR) is 37.2 cm³/mol. The molecule has 1 aliphatic rings. The molecule has 1 fully saturated rings. The molecule has 7 heavy (non-hydrogen) atoms. The van der Waals surface area contributed by atoms with Gasteiger partial charge in [0.1, 0.15) is 0 Å². The van der Waals surface area contributed by atoms with Gasteiger partial charge in [0.05, 0.1) is 0 Å². The number of hydrogen-bond acceptors (Lipinski definition) is 1. The molecule has 0 aromatic heterocycles. The Morgan fingerprint density at radius 2 is 2.00 bits per heavy atom. The first-order valence-corrected chi connectivity index (χ1v) is 2.97. The van der Waals surface area contributed by atoms with Crippen LogP contribution in [0.3, 0.4) is 0 Å². The summed E-state index contributed by atoms with van der Waals surface area (Å²) in [7, 11) is 0. The second kappa shape index (κ2) is 1.92. The quantitative estimate of drug-likeness (QED) is 0.567. The Labute approximate surface area is 58.2 Å². The van der Waals surface area contributed by atoms with Gasteiger partial charge in [0, 0.05) is 10.4 Å². The number of rotatable bonds is 0. The fraction of sp³-hybridized carbons (Fsp3) is 1.00. The molecule has 0 aliphatic heterocycles. The summed E-state index contributed by atoms with van der Waals surface area (Å²) >= 11 is 3.38. The summed E-state index contributed by atoms with van der Waals surface area (Å²) in [6.07, 6.45) is 1.13. The van der Waals surface area contributed by atoms with E-state index in [0.29, 0.717) is 4.83 Å². The van der Waals surface area contributed by atoms with Crippen molar-refractivity contribution in [2.75, 3.05) is 0 Å². The second-order valence-electron chi connectivity index (χ2n) is 2.18. The first-order chi connectivity index (χ1) is 2.63. The molecule has 0 bridgehead atoms. The minimum Gasteiger partial charge on any atom is -0.324 e. The lowest BCUT2D eigenvalue weighted by atomic mass is 10.4. The molecule has 0 spiro atoms. The van der Waals surface area contributed by atoms with E-state index in [1.165, 1.54) is 0 Å². The van der Waals surface area contributed by atoms with E-state index in [-0.39, 0.29) is 17.9 Å². The summed E-state index contributed by atoms with van der Waals surface area (Å²) in [5.74, 6) is 0. The lowest BCUT2D eigenvalue weighted by Crippen LogP contribution is -2.19. The Balaban J connectivity index is 0.000000360. The highest BCUT2D eigenvalue weighted by Crippen LogP contribution is 2.39. The highest BCUT2D eigenvalue weighted by Gasteiger charge is 2.44. The summed E-state index contributed by atoms with van der Waals surface area (Å²) in [6, 6.07) is 0. The van der Waals surface area contributed by atoms with E-state index in [0.717, 1.165) is 6.42 Å². The van der Waals surface area contributed by atoms with Crippen LogP contribution in [-0.2, 0) is 0 Å². The third-order valence-electron chi connectivity index (χ3n) is 1.17. The average Bonchev–Trinajstić information content (AvgIpc) is 1.73. The van der Waals surface area contributed by atoms with E-state index >= 15 is 0 Å². The Morgan fingerprint density at radius 1 is 1.86 bits per heavy atom. The molecule has 0 aromatic rings. The van der Waals surface area contributed by atoms with Crippen LogP contribution in [-0.4, -0.2) is 10.4 Å². The standard InChI is InChI=1S/C4H8BrN.ClH/c1-4(6)2-3(4)5;/h3H,2,6H2,1H3;1H. The van der Waals surface area contributed by atoms with Gasteiger partial charge in [0.2, 0.25) is 0 Å². The van der Waals surface area contributed by atoms with Gasteiger partial charge in [-0.15, -0.1) is 12.4 Å². The third kappa shape index (κ3) is 1.59. The molecule has 0 heterocycles. The molecule has 0 radical (unpaired) electrons. The van der Waals surface area contributed by atoms with Crippen LogP contribution >= 0.6 is 28.3 Å². The van der Waals surface area contributed by atoms with Gasteiger partial charge < -0.3 is 5.73 Å². The molecule has 44 valence electrons. The van der Waals surface area contributed by atoms with Crippen molar-refractivity contribution in [3.63, 3.8) is 0 Å². The van der Waals surface area contributed by atoms with Crippen molar-refractivity contribution in [2.45, 2.75) is 23.7 Å². The highest BCUT2D eigenvalue weighted by atomic mass is 79.9. The van der Waals surface area contributed by atoms with Crippen molar-refractivity contribution in [1.82, 2.24) is 0 Å². The monoisotopic (exact) mass is 185 g/mol. The first-order valence-electron chi connectivity index (χ1n) is 2.06. The summed E-state index contributed by atoms with van der Waals surface area (Å²) < 4.78 is 0. The molecule has 1 rings (SSSR count). The van der Waals surface area contributed by atoms with Crippen molar-refractivity contribution in [1.29, 1.82) is 0 Å². The maximum atomic E-state index is 5.56. The SMILES string of the molecule is CC1(N)CC1Br.Cl. The molecule has 0 amide bonds. The molecular formula is C4H9BrClN. The van der Waals surface area contributed by atoms with Crippen molar-refractivity contribution in [2.24, 2.45) is 5.73 Å². The molecule has 1 nitrogen and oxygen atoms in total.